The fraction of sp³-hybridized carbons (Fsp3) is 0.579. The Kier molecular flexibility index (Phi) is 8.68. The molecule has 25 heavy (non-hydrogen) atoms. The van der Waals surface area contributed by atoms with Crippen LogP contribution in [-0.4, -0.2) is 56.4 Å². The topological polar surface area (TPSA) is 47.9 Å². The van der Waals surface area contributed by atoms with Crippen LogP contribution in [0.5, 0.6) is 0 Å². The van der Waals surface area contributed by atoms with Crippen LogP contribution in [0.1, 0.15) is 31.2 Å². The van der Waals surface area contributed by atoms with E-state index in [1.807, 2.05) is 51.3 Å². The van der Waals surface area contributed by atoms with Gasteiger partial charge in [0, 0.05) is 34.7 Å². The van der Waals surface area contributed by atoms with E-state index in [0.29, 0.717) is 13.1 Å². The van der Waals surface area contributed by atoms with Gasteiger partial charge in [-0.15, -0.1) is 24.0 Å². The summed E-state index contributed by atoms with van der Waals surface area (Å²) in [7, 11) is 7.65. The lowest BCUT2D eigenvalue weighted by atomic mass is 9.84. The molecule has 1 amide bonds. The molecule has 1 saturated carbocycles. The molecule has 0 aromatic heterocycles. The van der Waals surface area contributed by atoms with Gasteiger partial charge in [0.2, 0.25) is 5.91 Å². The van der Waals surface area contributed by atoms with E-state index >= 15 is 0 Å². The number of hydrogen-bond donors (Lipinski definition) is 1. The van der Waals surface area contributed by atoms with Crippen molar-refractivity contribution in [3.63, 3.8) is 0 Å². The molecule has 2 rings (SSSR count). The van der Waals surface area contributed by atoms with Crippen molar-refractivity contribution in [2.75, 3.05) is 34.7 Å². The standard InChI is InChI=1S/C19H30N4O.HI/c1-22(2)17(24)19(12-8-9-13-19)15-21-18(23(3)4)20-14-16-10-6-5-7-11-16;/h5-7,10-11H,8-9,12-15H2,1-4H3,(H,20,21);1H. The van der Waals surface area contributed by atoms with Crippen molar-refractivity contribution in [3.05, 3.63) is 35.9 Å². The summed E-state index contributed by atoms with van der Waals surface area (Å²) in [6, 6.07) is 10.2. The zero-order valence-corrected chi connectivity index (χ0v) is 18.1. The molecule has 1 N–H and O–H groups in total. The second kappa shape index (κ2) is 9.99. The van der Waals surface area contributed by atoms with Gasteiger partial charge >= 0.3 is 0 Å². The van der Waals surface area contributed by atoms with Gasteiger partial charge in [-0.1, -0.05) is 43.2 Å². The summed E-state index contributed by atoms with van der Waals surface area (Å²) in [6.07, 6.45) is 4.16. The van der Waals surface area contributed by atoms with Crippen LogP contribution in [0.4, 0.5) is 0 Å². The zero-order chi connectivity index (χ0) is 17.6. The number of hydrogen-bond acceptors (Lipinski definition) is 2. The van der Waals surface area contributed by atoms with Crippen LogP contribution in [0.2, 0.25) is 0 Å². The maximum atomic E-state index is 12.7. The Morgan fingerprint density at radius 2 is 1.68 bits per heavy atom. The second-order valence-electron chi connectivity index (χ2n) is 7.06. The average molecular weight is 458 g/mol. The molecule has 1 aromatic rings. The predicted octanol–water partition coefficient (Wildman–Crippen LogP) is 2.96. The van der Waals surface area contributed by atoms with Crippen molar-refractivity contribution in [3.8, 4) is 0 Å². The van der Waals surface area contributed by atoms with Crippen molar-refractivity contribution >= 4 is 35.8 Å². The van der Waals surface area contributed by atoms with Crippen LogP contribution in [0.25, 0.3) is 0 Å². The first-order chi connectivity index (χ1) is 11.4. The van der Waals surface area contributed by atoms with Gasteiger partial charge in [-0.2, -0.15) is 0 Å². The van der Waals surface area contributed by atoms with E-state index in [1.165, 1.54) is 5.56 Å². The van der Waals surface area contributed by atoms with Crippen molar-refractivity contribution in [2.45, 2.75) is 32.2 Å². The first-order valence-electron chi connectivity index (χ1n) is 8.66. The van der Waals surface area contributed by atoms with Crippen LogP contribution in [0.3, 0.4) is 0 Å². The SMILES string of the molecule is CN(C)C(=O)C1(CNC(=NCc2ccccc2)N(C)C)CCCC1.I. The molecule has 1 aliphatic carbocycles. The van der Waals surface area contributed by atoms with Gasteiger partial charge in [-0.3, -0.25) is 4.79 Å². The average Bonchev–Trinajstić information content (AvgIpc) is 3.04. The number of guanidine groups is 1. The third-order valence-corrected chi connectivity index (χ3v) is 4.68. The number of aliphatic imine (C=N–C) groups is 1. The van der Waals surface area contributed by atoms with Crippen LogP contribution in [-0.2, 0) is 11.3 Å². The minimum Gasteiger partial charge on any atom is -0.355 e. The molecule has 6 heteroatoms. The Labute approximate surface area is 168 Å². The Morgan fingerprint density at radius 1 is 1.08 bits per heavy atom. The second-order valence-corrected chi connectivity index (χ2v) is 7.06. The molecule has 5 nitrogen and oxygen atoms in total. The molecule has 0 aliphatic heterocycles. The summed E-state index contributed by atoms with van der Waals surface area (Å²) in [4.78, 5) is 21.1. The van der Waals surface area contributed by atoms with Crippen molar-refractivity contribution in [1.29, 1.82) is 0 Å². The summed E-state index contributed by atoms with van der Waals surface area (Å²) >= 11 is 0. The number of nitrogens with zero attached hydrogens (tertiary/aromatic N) is 3. The molecule has 0 spiro atoms. The van der Waals surface area contributed by atoms with E-state index in [-0.39, 0.29) is 35.3 Å². The van der Waals surface area contributed by atoms with Crippen molar-refractivity contribution in [1.82, 2.24) is 15.1 Å². The van der Waals surface area contributed by atoms with E-state index in [9.17, 15) is 4.79 Å². The normalized spacial score (nSPS) is 16.1. The molecule has 0 atom stereocenters. The third-order valence-electron chi connectivity index (χ3n) is 4.68. The predicted molar refractivity (Wildman–Crippen MR) is 114 cm³/mol. The molecule has 0 unspecified atom stereocenters. The summed E-state index contributed by atoms with van der Waals surface area (Å²) in [5.74, 6) is 1.06. The minimum atomic E-state index is -0.285. The number of rotatable bonds is 5. The van der Waals surface area contributed by atoms with Crippen molar-refractivity contribution < 1.29 is 4.79 Å². The lowest BCUT2D eigenvalue weighted by Crippen LogP contribution is -2.48. The first kappa shape index (κ1) is 21.7. The highest BCUT2D eigenvalue weighted by atomic mass is 127. The molecular weight excluding hydrogens is 427 g/mol. The number of amides is 1. The number of nitrogens with one attached hydrogen (secondary N) is 1. The molecule has 1 fully saturated rings. The highest BCUT2D eigenvalue weighted by Gasteiger charge is 2.42. The first-order valence-corrected chi connectivity index (χ1v) is 8.66. The summed E-state index contributed by atoms with van der Waals surface area (Å²) in [5, 5.41) is 3.44. The minimum absolute atomic E-state index is 0. The van der Waals surface area contributed by atoms with Gasteiger partial charge in [0.1, 0.15) is 0 Å². The van der Waals surface area contributed by atoms with E-state index in [0.717, 1.165) is 31.6 Å². The third kappa shape index (κ3) is 5.87. The fourth-order valence-corrected chi connectivity index (χ4v) is 3.35. The number of halogens is 1. The molecule has 0 radical (unpaired) electrons. The lowest BCUT2D eigenvalue weighted by Gasteiger charge is -2.32. The zero-order valence-electron chi connectivity index (χ0n) is 15.8. The number of benzene rings is 1. The fourth-order valence-electron chi connectivity index (χ4n) is 3.35. The summed E-state index contributed by atoms with van der Waals surface area (Å²) in [6.45, 7) is 1.28. The maximum Gasteiger partial charge on any atom is 0.230 e. The van der Waals surface area contributed by atoms with Gasteiger partial charge in [0.25, 0.3) is 0 Å². The lowest BCUT2D eigenvalue weighted by molar-refractivity contribution is -0.138. The molecule has 0 saturated heterocycles. The Bertz CT molecular complexity index is 566. The number of carbonyl (C=O) groups is 1. The largest absolute Gasteiger partial charge is 0.355 e. The highest BCUT2D eigenvalue weighted by Crippen LogP contribution is 2.38. The monoisotopic (exact) mass is 458 g/mol. The smallest absolute Gasteiger partial charge is 0.230 e. The molecule has 1 aromatic carbocycles. The van der Waals surface area contributed by atoms with E-state index in [1.54, 1.807) is 4.90 Å². The number of carbonyl (C=O) groups excluding carboxylic acids is 1. The Hall–Kier alpha value is -1.31. The highest BCUT2D eigenvalue weighted by molar-refractivity contribution is 14.0. The molecular formula is C19H31IN4O. The van der Waals surface area contributed by atoms with Crippen LogP contribution in [0.15, 0.2) is 35.3 Å². The van der Waals surface area contributed by atoms with E-state index in [4.69, 9.17) is 4.99 Å². The van der Waals surface area contributed by atoms with E-state index in [2.05, 4.69) is 17.4 Å². The Balaban J connectivity index is 0.00000312. The van der Waals surface area contributed by atoms with E-state index < -0.39 is 0 Å². The Morgan fingerprint density at radius 3 is 2.20 bits per heavy atom. The summed E-state index contributed by atoms with van der Waals surface area (Å²) < 4.78 is 0. The molecule has 1 aliphatic rings. The molecule has 0 heterocycles. The van der Waals surface area contributed by atoms with Crippen LogP contribution in [0, 0.1) is 5.41 Å². The van der Waals surface area contributed by atoms with Gasteiger partial charge in [0.15, 0.2) is 5.96 Å². The van der Waals surface area contributed by atoms with Gasteiger partial charge in [-0.05, 0) is 18.4 Å². The van der Waals surface area contributed by atoms with Gasteiger partial charge in [-0.25, -0.2) is 4.99 Å². The molecule has 140 valence electrons. The van der Waals surface area contributed by atoms with Gasteiger partial charge < -0.3 is 15.1 Å². The van der Waals surface area contributed by atoms with Crippen LogP contribution < -0.4 is 5.32 Å². The summed E-state index contributed by atoms with van der Waals surface area (Å²) in [5.41, 5.74) is 0.895. The quantitative estimate of drug-likeness (QED) is 0.420. The van der Waals surface area contributed by atoms with Crippen molar-refractivity contribution in [2.24, 2.45) is 10.4 Å². The maximum absolute atomic E-state index is 12.7. The van der Waals surface area contributed by atoms with Crippen LogP contribution >= 0.6 is 24.0 Å². The van der Waals surface area contributed by atoms with Gasteiger partial charge in [0.05, 0.1) is 12.0 Å². The molecule has 0 bridgehead atoms.